The zero-order valence-electron chi connectivity index (χ0n) is 21.6. The molecule has 0 spiro atoms. The first-order valence-electron chi connectivity index (χ1n) is 12.1. The molecular formula is C28H32N2O7. The summed E-state index contributed by atoms with van der Waals surface area (Å²) in [6.45, 7) is 9.78. The van der Waals surface area contributed by atoms with Crippen molar-refractivity contribution in [3.8, 4) is 17.6 Å². The Balaban J connectivity index is 1.30. The molecule has 1 aliphatic carbocycles. The number of carbonyl (C=O) groups excluding carboxylic acids is 1. The van der Waals surface area contributed by atoms with Gasteiger partial charge in [0.15, 0.2) is 5.69 Å². The Morgan fingerprint density at radius 3 is 2.03 bits per heavy atom. The highest BCUT2D eigenvalue weighted by molar-refractivity contribution is 5.84. The standard InChI is InChI=1S/C28H32N2O7/c1-27(2,3)37-25(33)29-19-14-22(15-19)35-20-10-6-17(7-11-20)28(4,5)18-8-12-21(13-9-18)36-26-30-23(16-34-26)24(31)32/h6-13,16,19,22H,14-15H2,1-5H3,(H,29,33)(H,31,32). The summed E-state index contributed by atoms with van der Waals surface area (Å²) in [7, 11) is 0. The van der Waals surface area contributed by atoms with Crippen molar-refractivity contribution in [2.45, 2.75) is 70.6 Å². The molecule has 1 amide bonds. The van der Waals surface area contributed by atoms with Gasteiger partial charge in [0, 0.05) is 24.3 Å². The van der Waals surface area contributed by atoms with Crippen molar-refractivity contribution >= 4 is 12.1 Å². The number of aromatic carboxylic acids is 1. The number of carboxylic acid groups (broad SMARTS) is 1. The fraction of sp³-hybridized carbons (Fsp3) is 0.393. The van der Waals surface area contributed by atoms with Crippen LogP contribution >= 0.6 is 0 Å². The van der Waals surface area contributed by atoms with Crippen LogP contribution in [0.5, 0.6) is 17.6 Å². The fourth-order valence-corrected chi connectivity index (χ4v) is 4.01. The predicted molar refractivity (Wildman–Crippen MR) is 135 cm³/mol. The molecule has 0 saturated heterocycles. The summed E-state index contributed by atoms with van der Waals surface area (Å²) < 4.78 is 21.9. The fourth-order valence-electron chi connectivity index (χ4n) is 4.01. The van der Waals surface area contributed by atoms with Crippen LogP contribution in [0.2, 0.25) is 0 Å². The largest absolute Gasteiger partial charge is 0.490 e. The number of aromatic nitrogens is 1. The quantitative estimate of drug-likeness (QED) is 0.384. The van der Waals surface area contributed by atoms with Gasteiger partial charge in [-0.05, 0) is 56.2 Å². The van der Waals surface area contributed by atoms with Crippen LogP contribution in [0, 0.1) is 0 Å². The Labute approximate surface area is 215 Å². The summed E-state index contributed by atoms with van der Waals surface area (Å²) in [5, 5.41) is 11.8. The summed E-state index contributed by atoms with van der Waals surface area (Å²) >= 11 is 0. The summed E-state index contributed by atoms with van der Waals surface area (Å²) in [4.78, 5) is 26.6. The molecule has 4 rings (SSSR count). The maximum Gasteiger partial charge on any atom is 0.407 e. The molecule has 3 aromatic rings. The lowest BCUT2D eigenvalue weighted by Crippen LogP contribution is -2.50. The molecule has 196 valence electrons. The first-order chi connectivity index (χ1) is 17.4. The molecule has 1 aliphatic rings. The van der Waals surface area contributed by atoms with E-state index >= 15 is 0 Å². The van der Waals surface area contributed by atoms with E-state index in [4.69, 9.17) is 23.7 Å². The van der Waals surface area contributed by atoms with E-state index in [1.807, 2.05) is 45.0 Å². The van der Waals surface area contributed by atoms with E-state index in [0.29, 0.717) is 5.75 Å². The van der Waals surface area contributed by atoms with E-state index < -0.39 is 17.7 Å². The van der Waals surface area contributed by atoms with Crippen molar-refractivity contribution < 1.29 is 33.3 Å². The third kappa shape index (κ3) is 6.61. The molecule has 1 saturated carbocycles. The smallest absolute Gasteiger partial charge is 0.407 e. The number of carboxylic acids is 1. The zero-order valence-corrected chi connectivity index (χ0v) is 21.6. The van der Waals surface area contributed by atoms with Gasteiger partial charge in [0.1, 0.15) is 29.5 Å². The number of hydrogen-bond acceptors (Lipinski definition) is 7. The number of ether oxygens (including phenoxy) is 3. The number of carbonyl (C=O) groups is 2. The Morgan fingerprint density at radius 2 is 1.51 bits per heavy atom. The minimum Gasteiger partial charge on any atom is -0.490 e. The second kappa shape index (κ2) is 10.2. The molecule has 1 aromatic heterocycles. The third-order valence-electron chi connectivity index (χ3n) is 6.18. The van der Waals surface area contributed by atoms with Gasteiger partial charge in [-0.3, -0.25) is 0 Å². The number of benzene rings is 2. The Bertz CT molecular complexity index is 1230. The van der Waals surface area contributed by atoms with Crippen molar-refractivity contribution in [3.63, 3.8) is 0 Å². The molecule has 2 N–H and O–H groups in total. The monoisotopic (exact) mass is 508 g/mol. The zero-order chi connectivity index (χ0) is 26.8. The first kappa shape index (κ1) is 26.1. The van der Waals surface area contributed by atoms with Crippen LogP contribution in [-0.4, -0.2) is 39.9 Å². The molecule has 0 atom stereocenters. The average molecular weight is 509 g/mol. The molecule has 0 unspecified atom stereocenters. The number of oxazole rings is 1. The Hall–Kier alpha value is -4.01. The molecule has 37 heavy (non-hydrogen) atoms. The van der Waals surface area contributed by atoms with E-state index in [1.54, 1.807) is 12.1 Å². The van der Waals surface area contributed by atoms with Gasteiger partial charge < -0.3 is 29.1 Å². The number of nitrogens with one attached hydrogen (secondary N) is 1. The number of hydrogen-bond donors (Lipinski definition) is 2. The third-order valence-corrected chi connectivity index (χ3v) is 6.18. The second-order valence-corrected chi connectivity index (χ2v) is 10.6. The highest BCUT2D eigenvalue weighted by atomic mass is 16.6. The van der Waals surface area contributed by atoms with Crippen LogP contribution in [0.1, 0.15) is 69.1 Å². The number of amides is 1. The lowest BCUT2D eigenvalue weighted by atomic mass is 9.78. The van der Waals surface area contributed by atoms with Gasteiger partial charge in [-0.2, -0.15) is 4.98 Å². The maximum absolute atomic E-state index is 11.9. The Morgan fingerprint density at radius 1 is 0.946 bits per heavy atom. The molecule has 1 fully saturated rings. The van der Waals surface area contributed by atoms with Crippen LogP contribution in [-0.2, 0) is 10.2 Å². The summed E-state index contributed by atoms with van der Waals surface area (Å²) in [6.07, 6.45) is 2.05. The minimum atomic E-state index is -1.18. The van der Waals surface area contributed by atoms with E-state index in [9.17, 15) is 9.59 Å². The molecule has 9 nitrogen and oxygen atoms in total. The number of rotatable bonds is 8. The summed E-state index contributed by atoms with van der Waals surface area (Å²) in [5.41, 5.74) is 1.18. The minimum absolute atomic E-state index is 0.0570. The van der Waals surface area contributed by atoms with Crippen molar-refractivity contribution in [1.29, 1.82) is 0 Å². The van der Waals surface area contributed by atoms with Gasteiger partial charge in [-0.1, -0.05) is 38.1 Å². The Kier molecular flexibility index (Phi) is 7.16. The van der Waals surface area contributed by atoms with E-state index in [2.05, 4.69) is 36.3 Å². The van der Waals surface area contributed by atoms with Gasteiger partial charge in [0.25, 0.3) is 0 Å². The van der Waals surface area contributed by atoms with Gasteiger partial charge >= 0.3 is 18.1 Å². The van der Waals surface area contributed by atoms with Crippen LogP contribution in [0.25, 0.3) is 0 Å². The second-order valence-electron chi connectivity index (χ2n) is 10.6. The normalized spacial score (nSPS) is 17.4. The van der Waals surface area contributed by atoms with Gasteiger partial charge in [0.2, 0.25) is 0 Å². The topological polar surface area (TPSA) is 120 Å². The number of nitrogens with zero attached hydrogens (tertiary/aromatic N) is 1. The molecule has 1 heterocycles. The molecule has 0 aliphatic heterocycles. The lowest BCUT2D eigenvalue weighted by Gasteiger charge is -2.36. The molecule has 0 radical (unpaired) electrons. The van der Waals surface area contributed by atoms with Crippen LogP contribution in [0.3, 0.4) is 0 Å². The molecule has 0 bridgehead atoms. The van der Waals surface area contributed by atoms with Crippen molar-refractivity contribution in [1.82, 2.24) is 10.3 Å². The first-order valence-corrected chi connectivity index (χ1v) is 12.1. The van der Waals surface area contributed by atoms with Crippen LogP contribution in [0.4, 0.5) is 4.79 Å². The highest BCUT2D eigenvalue weighted by Crippen LogP contribution is 2.35. The molecule has 2 aromatic carbocycles. The van der Waals surface area contributed by atoms with Crippen molar-refractivity contribution in [2.24, 2.45) is 0 Å². The average Bonchev–Trinajstić information content (AvgIpc) is 3.26. The van der Waals surface area contributed by atoms with Gasteiger partial charge in [-0.15, -0.1) is 0 Å². The maximum atomic E-state index is 11.9. The predicted octanol–water partition coefficient (Wildman–Crippen LogP) is 5.93. The van der Waals surface area contributed by atoms with E-state index in [1.165, 1.54) is 0 Å². The lowest BCUT2D eigenvalue weighted by molar-refractivity contribution is 0.0362. The van der Waals surface area contributed by atoms with Crippen LogP contribution < -0.4 is 14.8 Å². The summed E-state index contributed by atoms with van der Waals surface area (Å²) in [6, 6.07) is 15.6. The van der Waals surface area contributed by atoms with E-state index in [-0.39, 0.29) is 29.3 Å². The SMILES string of the molecule is CC(C)(C)OC(=O)NC1CC(Oc2ccc(C(C)(C)c3ccc(Oc4nc(C(=O)O)co4)cc3)cc2)C1. The highest BCUT2D eigenvalue weighted by Gasteiger charge is 2.33. The van der Waals surface area contributed by atoms with Crippen molar-refractivity contribution in [2.75, 3.05) is 0 Å². The molecule has 9 heteroatoms. The van der Waals surface area contributed by atoms with Gasteiger partial charge in [-0.25, -0.2) is 9.59 Å². The van der Waals surface area contributed by atoms with Gasteiger partial charge in [0.05, 0.1) is 0 Å². The van der Waals surface area contributed by atoms with Crippen molar-refractivity contribution in [3.05, 3.63) is 71.6 Å². The number of alkyl carbamates (subject to hydrolysis) is 1. The summed E-state index contributed by atoms with van der Waals surface area (Å²) in [5.74, 6) is 0.0944. The van der Waals surface area contributed by atoms with E-state index in [0.717, 1.165) is 36.0 Å². The molecular weight excluding hydrogens is 476 g/mol. The van der Waals surface area contributed by atoms with Crippen LogP contribution in [0.15, 0.2) is 59.2 Å².